The minimum Gasteiger partial charge on any atom is -0.496 e. The summed E-state index contributed by atoms with van der Waals surface area (Å²) < 4.78 is 11.2. The summed E-state index contributed by atoms with van der Waals surface area (Å²) in [5.74, 6) is 1.81. The van der Waals surface area contributed by atoms with E-state index in [-0.39, 0.29) is 18.2 Å². The molecule has 6 heteroatoms. The molecule has 140 valence electrons. The fourth-order valence-electron chi connectivity index (χ4n) is 3.60. The average Bonchev–Trinajstić information content (AvgIpc) is 3.12. The quantitative estimate of drug-likeness (QED) is 0.667. The molecule has 0 bridgehead atoms. The fourth-order valence-corrected chi connectivity index (χ4v) is 3.80. The highest BCUT2D eigenvalue weighted by Crippen LogP contribution is 2.30. The number of likely N-dealkylation sites (tertiary alicyclic amines) is 1. The van der Waals surface area contributed by atoms with Gasteiger partial charge in [0.15, 0.2) is 11.5 Å². The van der Waals surface area contributed by atoms with Crippen molar-refractivity contribution in [2.75, 3.05) is 20.2 Å². The van der Waals surface area contributed by atoms with E-state index in [1.807, 2.05) is 29.2 Å². The van der Waals surface area contributed by atoms with Gasteiger partial charge in [0.2, 0.25) is 5.91 Å². The van der Waals surface area contributed by atoms with Gasteiger partial charge in [-0.25, -0.2) is 4.98 Å². The highest BCUT2D eigenvalue weighted by Gasteiger charge is 2.27. The van der Waals surface area contributed by atoms with E-state index < -0.39 is 0 Å². The van der Waals surface area contributed by atoms with Gasteiger partial charge in [-0.15, -0.1) is 0 Å². The lowest BCUT2D eigenvalue weighted by Gasteiger charge is -2.30. The van der Waals surface area contributed by atoms with Crippen LogP contribution in [0, 0.1) is 0 Å². The van der Waals surface area contributed by atoms with Crippen molar-refractivity contribution in [3.63, 3.8) is 0 Å². The molecule has 1 saturated heterocycles. The SMILES string of the molecule is COc1ccc(Cl)cc1CC(=O)N1CCC(c2nc3ccccc3o2)CC1. The normalized spacial score (nSPS) is 15.3. The lowest BCUT2D eigenvalue weighted by atomic mass is 9.96. The van der Waals surface area contributed by atoms with Crippen LogP contribution in [0.15, 0.2) is 46.9 Å². The Hall–Kier alpha value is -2.53. The fraction of sp³-hybridized carbons (Fsp3) is 0.333. The van der Waals surface area contributed by atoms with Gasteiger partial charge in [0.1, 0.15) is 11.3 Å². The number of piperidine rings is 1. The van der Waals surface area contributed by atoms with E-state index in [4.69, 9.17) is 20.8 Å². The molecule has 2 aromatic carbocycles. The molecule has 1 aliphatic heterocycles. The number of fused-ring (bicyclic) bond motifs is 1. The predicted molar refractivity (Wildman–Crippen MR) is 104 cm³/mol. The second-order valence-electron chi connectivity index (χ2n) is 6.81. The number of carbonyl (C=O) groups is 1. The molecule has 0 saturated carbocycles. The molecule has 0 unspecified atom stereocenters. The van der Waals surface area contributed by atoms with Crippen LogP contribution in [-0.2, 0) is 11.2 Å². The third kappa shape index (κ3) is 3.78. The van der Waals surface area contributed by atoms with Gasteiger partial charge in [0.25, 0.3) is 0 Å². The standard InChI is InChI=1S/C21H21ClN2O3/c1-26-18-7-6-16(22)12-15(18)13-20(25)24-10-8-14(9-11-24)21-23-17-4-2-3-5-19(17)27-21/h2-7,12,14H,8-11,13H2,1H3. The second-order valence-corrected chi connectivity index (χ2v) is 7.24. The Morgan fingerprint density at radius 3 is 2.78 bits per heavy atom. The first-order valence-corrected chi connectivity index (χ1v) is 9.47. The number of methoxy groups -OCH3 is 1. The van der Waals surface area contributed by atoms with Gasteiger partial charge in [-0.05, 0) is 43.2 Å². The van der Waals surface area contributed by atoms with Crippen molar-refractivity contribution in [2.45, 2.75) is 25.2 Å². The summed E-state index contributed by atoms with van der Waals surface area (Å²) in [5, 5.41) is 0.605. The van der Waals surface area contributed by atoms with Crippen molar-refractivity contribution in [3.8, 4) is 5.75 Å². The van der Waals surface area contributed by atoms with Gasteiger partial charge in [0.05, 0.1) is 13.5 Å². The first-order valence-electron chi connectivity index (χ1n) is 9.09. The molecule has 1 aromatic heterocycles. The monoisotopic (exact) mass is 384 g/mol. The molecular formula is C21H21ClN2O3. The van der Waals surface area contributed by atoms with Crippen LogP contribution in [0.4, 0.5) is 0 Å². The highest BCUT2D eigenvalue weighted by atomic mass is 35.5. The third-order valence-electron chi connectivity index (χ3n) is 5.09. The Kier molecular flexibility index (Phi) is 5.03. The highest BCUT2D eigenvalue weighted by molar-refractivity contribution is 6.30. The number of hydrogen-bond donors (Lipinski definition) is 0. The molecule has 3 aromatic rings. The first kappa shape index (κ1) is 17.9. The summed E-state index contributed by atoms with van der Waals surface area (Å²) >= 11 is 6.07. The number of benzene rings is 2. The third-order valence-corrected chi connectivity index (χ3v) is 5.33. The van der Waals surface area contributed by atoms with Crippen LogP contribution in [0.5, 0.6) is 5.75 Å². The lowest BCUT2D eigenvalue weighted by molar-refractivity contribution is -0.131. The molecule has 0 spiro atoms. The largest absolute Gasteiger partial charge is 0.496 e. The Bertz CT molecular complexity index is 928. The zero-order chi connectivity index (χ0) is 18.8. The summed E-state index contributed by atoms with van der Waals surface area (Å²) in [6, 6.07) is 13.2. The maximum absolute atomic E-state index is 12.7. The minimum atomic E-state index is 0.0894. The average molecular weight is 385 g/mol. The van der Waals surface area contributed by atoms with Crippen molar-refractivity contribution in [1.29, 1.82) is 0 Å². The Morgan fingerprint density at radius 1 is 1.26 bits per heavy atom. The van der Waals surface area contributed by atoms with Gasteiger partial charge in [-0.2, -0.15) is 0 Å². The van der Waals surface area contributed by atoms with Gasteiger partial charge in [-0.3, -0.25) is 4.79 Å². The number of hydrogen-bond acceptors (Lipinski definition) is 4. The molecule has 1 amide bonds. The van der Waals surface area contributed by atoms with Crippen molar-refractivity contribution < 1.29 is 13.9 Å². The van der Waals surface area contributed by atoms with Crippen LogP contribution in [0.2, 0.25) is 5.02 Å². The van der Waals surface area contributed by atoms with E-state index in [0.717, 1.165) is 35.4 Å². The van der Waals surface area contributed by atoms with Crippen LogP contribution >= 0.6 is 11.6 Å². The predicted octanol–water partition coefficient (Wildman–Crippen LogP) is 4.44. The van der Waals surface area contributed by atoms with E-state index in [1.54, 1.807) is 25.3 Å². The summed E-state index contributed by atoms with van der Waals surface area (Å²) in [6.07, 6.45) is 1.99. The summed E-state index contributed by atoms with van der Waals surface area (Å²) in [7, 11) is 1.60. The van der Waals surface area contributed by atoms with Crippen LogP contribution in [-0.4, -0.2) is 36.0 Å². The van der Waals surface area contributed by atoms with E-state index in [0.29, 0.717) is 23.9 Å². The molecule has 0 radical (unpaired) electrons. The topological polar surface area (TPSA) is 55.6 Å². The van der Waals surface area contributed by atoms with Gasteiger partial charge >= 0.3 is 0 Å². The second kappa shape index (κ2) is 7.61. The van der Waals surface area contributed by atoms with Crippen molar-refractivity contribution in [3.05, 3.63) is 58.9 Å². The summed E-state index contributed by atoms with van der Waals surface area (Å²) in [4.78, 5) is 19.2. The number of ether oxygens (including phenoxy) is 1. The number of aromatic nitrogens is 1. The zero-order valence-corrected chi connectivity index (χ0v) is 15.9. The minimum absolute atomic E-state index is 0.0894. The van der Waals surface area contributed by atoms with Crippen LogP contribution in [0.1, 0.15) is 30.2 Å². The molecule has 0 aliphatic carbocycles. The van der Waals surface area contributed by atoms with Crippen molar-refractivity contribution in [2.24, 2.45) is 0 Å². The van der Waals surface area contributed by atoms with E-state index >= 15 is 0 Å². The number of carbonyl (C=O) groups excluding carboxylic acids is 1. The molecule has 5 nitrogen and oxygen atoms in total. The molecule has 0 N–H and O–H groups in total. The smallest absolute Gasteiger partial charge is 0.227 e. The lowest BCUT2D eigenvalue weighted by Crippen LogP contribution is -2.38. The molecule has 0 atom stereocenters. The number of amides is 1. The zero-order valence-electron chi connectivity index (χ0n) is 15.2. The van der Waals surface area contributed by atoms with Crippen molar-refractivity contribution >= 4 is 28.6 Å². The molecule has 2 heterocycles. The van der Waals surface area contributed by atoms with Gasteiger partial charge < -0.3 is 14.1 Å². The molecule has 1 fully saturated rings. The molecule has 4 rings (SSSR count). The van der Waals surface area contributed by atoms with Crippen LogP contribution < -0.4 is 4.74 Å². The Morgan fingerprint density at radius 2 is 2.04 bits per heavy atom. The van der Waals surface area contributed by atoms with E-state index in [1.165, 1.54) is 0 Å². The molecule has 27 heavy (non-hydrogen) atoms. The number of halogens is 1. The summed E-state index contributed by atoms with van der Waals surface area (Å²) in [5.41, 5.74) is 2.52. The Labute approximate surface area is 162 Å². The van der Waals surface area contributed by atoms with Gasteiger partial charge in [0, 0.05) is 29.6 Å². The maximum Gasteiger partial charge on any atom is 0.227 e. The van der Waals surface area contributed by atoms with Gasteiger partial charge in [-0.1, -0.05) is 23.7 Å². The van der Waals surface area contributed by atoms with E-state index in [9.17, 15) is 4.79 Å². The molecule has 1 aliphatic rings. The van der Waals surface area contributed by atoms with Crippen molar-refractivity contribution in [1.82, 2.24) is 9.88 Å². The first-order chi connectivity index (χ1) is 13.1. The number of rotatable bonds is 4. The maximum atomic E-state index is 12.7. The number of oxazole rings is 1. The molecular weight excluding hydrogens is 364 g/mol. The summed E-state index contributed by atoms with van der Waals surface area (Å²) in [6.45, 7) is 1.40. The van der Waals surface area contributed by atoms with Crippen LogP contribution in [0.3, 0.4) is 0 Å². The van der Waals surface area contributed by atoms with E-state index in [2.05, 4.69) is 4.98 Å². The number of para-hydroxylation sites is 2. The number of nitrogens with zero attached hydrogens (tertiary/aromatic N) is 2. The van der Waals surface area contributed by atoms with Crippen LogP contribution in [0.25, 0.3) is 11.1 Å². The Balaban J connectivity index is 1.40.